The summed E-state index contributed by atoms with van der Waals surface area (Å²) in [5.74, 6) is 0.614. The molecule has 0 unspecified atom stereocenters. The van der Waals surface area contributed by atoms with Gasteiger partial charge in [0.1, 0.15) is 17.3 Å². The SMILES string of the molecule is CCOc1cc(C2=NS(=O)(=O)c3ccccc3N2)ccc1OCc1ccc(F)cc1Cl. The number of nitrogens with one attached hydrogen (secondary N) is 1. The van der Waals surface area contributed by atoms with Crippen LogP contribution in [0.25, 0.3) is 0 Å². The molecular weight excluding hydrogens is 443 g/mol. The van der Waals surface area contributed by atoms with Crippen LogP contribution < -0.4 is 14.8 Å². The normalized spacial score (nSPS) is 14.2. The summed E-state index contributed by atoms with van der Waals surface area (Å²) >= 11 is 6.06. The standard InChI is InChI=1S/C22H18ClFN2O4S/c1-2-29-20-11-14(22-25-18-5-3-4-6-21(18)31(27,28)26-22)8-10-19(20)30-13-15-7-9-16(24)12-17(15)23/h3-12H,2,13H2,1H3,(H,25,26). The highest BCUT2D eigenvalue weighted by Gasteiger charge is 2.25. The first-order valence-electron chi connectivity index (χ1n) is 9.42. The molecule has 6 nitrogen and oxygen atoms in total. The van der Waals surface area contributed by atoms with Gasteiger partial charge in [-0.2, -0.15) is 8.42 Å². The fraction of sp³-hybridized carbons (Fsp3) is 0.136. The third kappa shape index (κ3) is 4.50. The minimum Gasteiger partial charge on any atom is -0.490 e. The van der Waals surface area contributed by atoms with Crippen LogP contribution in [-0.4, -0.2) is 20.9 Å². The van der Waals surface area contributed by atoms with E-state index in [-0.39, 0.29) is 22.4 Å². The molecular formula is C22H18ClFN2O4S. The quantitative estimate of drug-likeness (QED) is 0.559. The fourth-order valence-corrected chi connectivity index (χ4v) is 4.44. The molecule has 0 bridgehead atoms. The molecule has 0 saturated heterocycles. The van der Waals surface area contributed by atoms with Gasteiger partial charge >= 0.3 is 0 Å². The van der Waals surface area contributed by atoms with Crippen molar-refractivity contribution in [2.45, 2.75) is 18.4 Å². The van der Waals surface area contributed by atoms with Gasteiger partial charge in [-0.1, -0.05) is 29.8 Å². The van der Waals surface area contributed by atoms with Gasteiger partial charge in [0.25, 0.3) is 10.0 Å². The van der Waals surface area contributed by atoms with E-state index in [2.05, 4.69) is 9.71 Å². The van der Waals surface area contributed by atoms with Gasteiger partial charge in [-0.05, 0) is 49.4 Å². The van der Waals surface area contributed by atoms with Crippen molar-refractivity contribution in [3.8, 4) is 11.5 Å². The number of sulfonamides is 1. The summed E-state index contributed by atoms with van der Waals surface area (Å²) < 4.78 is 53.7. The van der Waals surface area contributed by atoms with E-state index in [1.165, 1.54) is 18.2 Å². The van der Waals surface area contributed by atoms with Crippen LogP contribution in [0.1, 0.15) is 18.1 Å². The molecule has 31 heavy (non-hydrogen) atoms. The molecule has 0 radical (unpaired) electrons. The lowest BCUT2D eigenvalue weighted by Crippen LogP contribution is -2.22. The minimum atomic E-state index is -3.82. The van der Waals surface area contributed by atoms with Crippen molar-refractivity contribution < 1.29 is 22.3 Å². The molecule has 3 aromatic rings. The van der Waals surface area contributed by atoms with Crippen LogP contribution in [0.3, 0.4) is 0 Å². The lowest BCUT2D eigenvalue weighted by atomic mass is 10.1. The second-order valence-corrected chi connectivity index (χ2v) is 8.63. The highest BCUT2D eigenvalue weighted by molar-refractivity contribution is 7.90. The highest BCUT2D eigenvalue weighted by atomic mass is 35.5. The third-order valence-electron chi connectivity index (χ3n) is 4.54. The smallest absolute Gasteiger partial charge is 0.286 e. The van der Waals surface area contributed by atoms with Gasteiger partial charge in [-0.15, -0.1) is 4.40 Å². The summed E-state index contributed by atoms with van der Waals surface area (Å²) in [6, 6.07) is 15.6. The molecule has 9 heteroatoms. The number of amidine groups is 1. The largest absolute Gasteiger partial charge is 0.490 e. The monoisotopic (exact) mass is 460 g/mol. The zero-order chi connectivity index (χ0) is 22.0. The first-order chi connectivity index (χ1) is 14.9. The predicted octanol–water partition coefficient (Wildman–Crippen LogP) is 5.02. The molecule has 1 N–H and O–H groups in total. The lowest BCUT2D eigenvalue weighted by Gasteiger charge is -2.19. The molecule has 0 saturated carbocycles. The highest BCUT2D eigenvalue weighted by Crippen LogP contribution is 2.33. The van der Waals surface area contributed by atoms with Crippen molar-refractivity contribution in [2.75, 3.05) is 11.9 Å². The van der Waals surface area contributed by atoms with Crippen LogP contribution >= 0.6 is 11.6 Å². The van der Waals surface area contributed by atoms with Crippen molar-refractivity contribution >= 4 is 33.1 Å². The molecule has 3 aromatic carbocycles. The number of hydrogen-bond acceptors (Lipinski definition) is 5. The second-order valence-electron chi connectivity index (χ2n) is 6.66. The second kappa shape index (κ2) is 8.56. The number of nitrogens with zero attached hydrogens (tertiary/aromatic N) is 1. The molecule has 0 amide bonds. The molecule has 0 spiro atoms. The maximum absolute atomic E-state index is 13.2. The number of para-hydroxylation sites is 1. The van der Waals surface area contributed by atoms with Crippen molar-refractivity contribution in [3.05, 3.63) is 82.6 Å². The Balaban J connectivity index is 1.63. The third-order valence-corrected chi connectivity index (χ3v) is 6.23. The molecule has 4 rings (SSSR count). The van der Waals surface area contributed by atoms with Crippen molar-refractivity contribution in [1.29, 1.82) is 0 Å². The topological polar surface area (TPSA) is 77.0 Å². The van der Waals surface area contributed by atoms with Gasteiger partial charge in [0.15, 0.2) is 17.3 Å². The van der Waals surface area contributed by atoms with Gasteiger partial charge in [0.05, 0.1) is 17.3 Å². The van der Waals surface area contributed by atoms with Crippen LogP contribution in [0.2, 0.25) is 5.02 Å². The number of hydrogen-bond donors (Lipinski definition) is 1. The predicted molar refractivity (Wildman–Crippen MR) is 117 cm³/mol. The van der Waals surface area contributed by atoms with E-state index in [1.54, 1.807) is 42.5 Å². The molecule has 0 aromatic heterocycles. The first kappa shape index (κ1) is 21.1. The molecule has 1 aliphatic rings. The Hall–Kier alpha value is -3.10. The van der Waals surface area contributed by atoms with Crippen LogP contribution in [0.15, 0.2) is 70.0 Å². The van der Waals surface area contributed by atoms with E-state index in [1.807, 2.05) is 6.92 Å². The molecule has 0 atom stereocenters. The number of benzene rings is 3. The number of halogens is 2. The molecule has 160 valence electrons. The summed E-state index contributed by atoms with van der Waals surface area (Å²) in [6.45, 7) is 2.31. The number of anilines is 1. The van der Waals surface area contributed by atoms with E-state index < -0.39 is 15.8 Å². The number of ether oxygens (including phenoxy) is 2. The molecule has 1 aliphatic heterocycles. The maximum atomic E-state index is 13.2. The number of rotatable bonds is 6. The Bertz CT molecular complexity index is 1280. The average Bonchev–Trinajstić information content (AvgIpc) is 2.73. The summed E-state index contributed by atoms with van der Waals surface area (Å²) in [5, 5.41) is 3.31. The number of fused-ring (bicyclic) bond motifs is 1. The Morgan fingerprint density at radius 3 is 2.61 bits per heavy atom. The van der Waals surface area contributed by atoms with E-state index >= 15 is 0 Å². The zero-order valence-corrected chi connectivity index (χ0v) is 18.0. The summed E-state index contributed by atoms with van der Waals surface area (Å²) in [7, 11) is -3.82. The lowest BCUT2D eigenvalue weighted by molar-refractivity contribution is 0.269. The van der Waals surface area contributed by atoms with Crippen LogP contribution in [-0.2, 0) is 16.6 Å². The van der Waals surface area contributed by atoms with Gasteiger partial charge in [0.2, 0.25) is 0 Å². The summed E-state index contributed by atoms with van der Waals surface area (Å²) in [6.07, 6.45) is 0. The van der Waals surface area contributed by atoms with Crippen LogP contribution in [0.4, 0.5) is 10.1 Å². The molecule has 1 heterocycles. The van der Waals surface area contributed by atoms with E-state index in [9.17, 15) is 12.8 Å². The molecule has 0 fully saturated rings. The van der Waals surface area contributed by atoms with Crippen LogP contribution in [0.5, 0.6) is 11.5 Å². The minimum absolute atomic E-state index is 0.111. The Morgan fingerprint density at radius 1 is 1.03 bits per heavy atom. The van der Waals surface area contributed by atoms with Gasteiger partial charge in [-0.25, -0.2) is 4.39 Å². The van der Waals surface area contributed by atoms with Gasteiger partial charge < -0.3 is 14.8 Å². The van der Waals surface area contributed by atoms with Crippen molar-refractivity contribution in [3.63, 3.8) is 0 Å². The maximum Gasteiger partial charge on any atom is 0.286 e. The van der Waals surface area contributed by atoms with E-state index in [4.69, 9.17) is 21.1 Å². The average molecular weight is 461 g/mol. The summed E-state index contributed by atoms with van der Waals surface area (Å²) in [5.41, 5.74) is 1.60. The van der Waals surface area contributed by atoms with Crippen molar-refractivity contribution in [1.82, 2.24) is 0 Å². The summed E-state index contributed by atoms with van der Waals surface area (Å²) in [4.78, 5) is 0.125. The Morgan fingerprint density at radius 2 is 1.84 bits per heavy atom. The van der Waals surface area contributed by atoms with Gasteiger partial charge in [-0.3, -0.25) is 0 Å². The van der Waals surface area contributed by atoms with E-state index in [0.717, 1.165) is 0 Å². The molecule has 0 aliphatic carbocycles. The Kier molecular flexibility index (Phi) is 5.84. The van der Waals surface area contributed by atoms with E-state index in [0.29, 0.717) is 34.9 Å². The Labute approximate surface area is 184 Å². The van der Waals surface area contributed by atoms with Crippen LogP contribution in [0, 0.1) is 5.82 Å². The zero-order valence-electron chi connectivity index (χ0n) is 16.4. The first-order valence-corrected chi connectivity index (χ1v) is 11.2. The van der Waals surface area contributed by atoms with Crippen molar-refractivity contribution in [2.24, 2.45) is 4.40 Å². The fourth-order valence-electron chi connectivity index (χ4n) is 3.08. The van der Waals surface area contributed by atoms with Gasteiger partial charge in [0, 0.05) is 11.1 Å².